The number of allylic oxidation sites excluding steroid dienone is 3. The van der Waals surface area contributed by atoms with Crippen molar-refractivity contribution in [3.05, 3.63) is 24.8 Å². The molecule has 0 aliphatic heterocycles. The van der Waals surface area contributed by atoms with E-state index in [0.29, 0.717) is 0 Å². The van der Waals surface area contributed by atoms with Crippen LogP contribution in [-0.2, 0) is 0 Å². The Kier molecular flexibility index (Phi) is 21.0. The minimum absolute atomic E-state index is 0.750. The van der Waals surface area contributed by atoms with Crippen LogP contribution in [0.1, 0.15) is 13.8 Å². The van der Waals surface area contributed by atoms with Crippen LogP contribution in [-0.4, -0.2) is 6.54 Å². The molecule has 0 atom stereocenters. The molecule has 0 aliphatic carbocycles. The summed E-state index contributed by atoms with van der Waals surface area (Å²) in [7, 11) is 0. The number of hydrogen-bond donors (Lipinski definition) is 1. The zero-order valence-electron chi connectivity index (χ0n) is 5.72. The maximum Gasteiger partial charge on any atom is -0.0106 e. The highest BCUT2D eigenvalue weighted by molar-refractivity contribution is 4.94. The maximum atomic E-state index is 4.85. The first-order valence-electron chi connectivity index (χ1n) is 2.77. The predicted octanol–water partition coefficient (Wildman–Crippen LogP) is 1.71. The molecule has 0 radical (unpaired) electrons. The van der Waals surface area contributed by atoms with Crippen molar-refractivity contribution >= 4 is 0 Å². The maximum absolute atomic E-state index is 4.85. The topological polar surface area (TPSA) is 26.0 Å². The Balaban J connectivity index is 0. The lowest BCUT2D eigenvalue weighted by molar-refractivity contribution is 1.14. The van der Waals surface area contributed by atoms with Crippen molar-refractivity contribution in [3.63, 3.8) is 0 Å². The molecular weight excluding hydrogens is 98.1 g/mol. The molecule has 48 valence electrons. The third-order valence-electron chi connectivity index (χ3n) is 0.329. The van der Waals surface area contributed by atoms with Gasteiger partial charge < -0.3 is 5.73 Å². The van der Waals surface area contributed by atoms with Crippen molar-refractivity contribution in [2.24, 2.45) is 5.73 Å². The van der Waals surface area contributed by atoms with Crippen molar-refractivity contribution in [1.82, 2.24) is 0 Å². The van der Waals surface area contributed by atoms with Gasteiger partial charge in [-0.2, -0.15) is 0 Å². The summed E-state index contributed by atoms with van der Waals surface area (Å²) in [6.07, 6.45) is 5.58. The van der Waals surface area contributed by atoms with E-state index in [-0.39, 0.29) is 0 Å². The minimum atomic E-state index is 0.750. The minimum Gasteiger partial charge on any atom is -0.331 e. The second-order valence-corrected chi connectivity index (χ2v) is 1.17. The third kappa shape index (κ3) is 51.7. The molecule has 0 heterocycles. The fourth-order valence-electron chi connectivity index (χ4n) is 0.136. The van der Waals surface area contributed by atoms with E-state index in [4.69, 9.17) is 5.73 Å². The van der Waals surface area contributed by atoms with Gasteiger partial charge in [-0.25, -0.2) is 0 Å². The zero-order chi connectivity index (χ0) is 6.83. The Morgan fingerprint density at radius 1 is 1.62 bits per heavy atom. The standard InChI is InChI=1S/C5H8.C2H7N/c1-3-5-4-2;1-2-3/h3-5H,1H2,2H3;2-3H2,1H3/b5-4-;. The summed E-state index contributed by atoms with van der Waals surface area (Å²) in [4.78, 5) is 0. The largest absolute Gasteiger partial charge is 0.331 e. The van der Waals surface area contributed by atoms with E-state index in [1.165, 1.54) is 0 Å². The summed E-state index contributed by atoms with van der Waals surface area (Å²) in [5.41, 5.74) is 4.85. The average molecular weight is 113 g/mol. The molecule has 0 spiro atoms. The molecule has 0 amide bonds. The fourth-order valence-corrected chi connectivity index (χ4v) is 0.136. The van der Waals surface area contributed by atoms with E-state index < -0.39 is 0 Å². The normalized spacial score (nSPS) is 7.88. The molecule has 1 heteroatoms. The molecule has 0 saturated heterocycles. The van der Waals surface area contributed by atoms with Crippen molar-refractivity contribution < 1.29 is 0 Å². The van der Waals surface area contributed by atoms with Crippen LogP contribution >= 0.6 is 0 Å². The molecule has 0 aromatic rings. The van der Waals surface area contributed by atoms with Crippen molar-refractivity contribution in [3.8, 4) is 0 Å². The van der Waals surface area contributed by atoms with Gasteiger partial charge in [0.15, 0.2) is 0 Å². The zero-order valence-corrected chi connectivity index (χ0v) is 5.72. The van der Waals surface area contributed by atoms with Crippen LogP contribution in [0.2, 0.25) is 0 Å². The molecule has 0 aliphatic rings. The Morgan fingerprint density at radius 2 is 2.00 bits per heavy atom. The average Bonchev–Trinajstić information content (AvgIpc) is 1.71. The monoisotopic (exact) mass is 113 g/mol. The highest BCUT2D eigenvalue weighted by Crippen LogP contribution is 1.64. The summed E-state index contributed by atoms with van der Waals surface area (Å²) in [6.45, 7) is 8.08. The summed E-state index contributed by atoms with van der Waals surface area (Å²) in [5.74, 6) is 0. The van der Waals surface area contributed by atoms with Gasteiger partial charge in [0.25, 0.3) is 0 Å². The summed E-state index contributed by atoms with van der Waals surface area (Å²) in [6, 6.07) is 0. The molecule has 0 rings (SSSR count). The lowest BCUT2D eigenvalue weighted by atomic mass is 10.5. The summed E-state index contributed by atoms with van der Waals surface area (Å²) in [5, 5.41) is 0. The summed E-state index contributed by atoms with van der Waals surface area (Å²) >= 11 is 0. The van der Waals surface area contributed by atoms with Crippen molar-refractivity contribution in [2.45, 2.75) is 13.8 Å². The van der Waals surface area contributed by atoms with Gasteiger partial charge in [-0.1, -0.05) is 31.7 Å². The molecule has 0 unspecified atom stereocenters. The van der Waals surface area contributed by atoms with Gasteiger partial charge in [0.05, 0.1) is 0 Å². The van der Waals surface area contributed by atoms with Gasteiger partial charge in [-0.15, -0.1) is 0 Å². The first kappa shape index (κ1) is 10.4. The van der Waals surface area contributed by atoms with E-state index in [2.05, 4.69) is 6.58 Å². The summed E-state index contributed by atoms with van der Waals surface area (Å²) < 4.78 is 0. The highest BCUT2D eigenvalue weighted by Gasteiger charge is 1.42. The first-order chi connectivity index (χ1) is 3.83. The van der Waals surface area contributed by atoms with Gasteiger partial charge in [-0.05, 0) is 13.5 Å². The van der Waals surface area contributed by atoms with E-state index >= 15 is 0 Å². The van der Waals surface area contributed by atoms with Crippen LogP contribution in [0.25, 0.3) is 0 Å². The molecule has 1 nitrogen and oxygen atoms in total. The molecule has 0 bridgehead atoms. The quantitative estimate of drug-likeness (QED) is 0.515. The first-order valence-corrected chi connectivity index (χ1v) is 2.77. The Hall–Kier alpha value is -0.560. The van der Waals surface area contributed by atoms with E-state index in [9.17, 15) is 0 Å². The lowest BCUT2D eigenvalue weighted by Crippen LogP contribution is -1.87. The molecular formula is C7H15N. The Morgan fingerprint density at radius 3 is 2.00 bits per heavy atom. The van der Waals surface area contributed by atoms with E-state index in [0.717, 1.165) is 6.54 Å². The Labute approximate surface area is 51.9 Å². The van der Waals surface area contributed by atoms with Crippen LogP contribution in [0.4, 0.5) is 0 Å². The molecule has 0 fully saturated rings. The van der Waals surface area contributed by atoms with Crippen LogP contribution in [0.3, 0.4) is 0 Å². The molecule has 0 aromatic carbocycles. The smallest absolute Gasteiger partial charge is 0.0106 e. The molecule has 2 N–H and O–H groups in total. The Bertz CT molecular complexity index is 55.4. The number of nitrogens with two attached hydrogens (primary N) is 1. The van der Waals surface area contributed by atoms with Crippen LogP contribution < -0.4 is 5.73 Å². The van der Waals surface area contributed by atoms with E-state index in [1.807, 2.05) is 26.0 Å². The highest BCUT2D eigenvalue weighted by atomic mass is 14.5. The second kappa shape index (κ2) is 16.1. The number of hydrogen-bond acceptors (Lipinski definition) is 1. The van der Waals surface area contributed by atoms with Crippen LogP contribution in [0.15, 0.2) is 24.8 Å². The molecule has 8 heavy (non-hydrogen) atoms. The van der Waals surface area contributed by atoms with Gasteiger partial charge >= 0.3 is 0 Å². The predicted molar refractivity (Wildman–Crippen MR) is 39.7 cm³/mol. The van der Waals surface area contributed by atoms with Crippen molar-refractivity contribution in [1.29, 1.82) is 0 Å². The van der Waals surface area contributed by atoms with Gasteiger partial charge in [0.1, 0.15) is 0 Å². The van der Waals surface area contributed by atoms with E-state index in [1.54, 1.807) is 6.08 Å². The third-order valence-corrected chi connectivity index (χ3v) is 0.329. The van der Waals surface area contributed by atoms with Crippen molar-refractivity contribution in [2.75, 3.05) is 6.54 Å². The molecule has 0 saturated carbocycles. The lowest BCUT2D eigenvalue weighted by Gasteiger charge is -1.56. The van der Waals surface area contributed by atoms with Gasteiger partial charge in [0, 0.05) is 0 Å². The van der Waals surface area contributed by atoms with Gasteiger partial charge in [-0.3, -0.25) is 0 Å². The fraction of sp³-hybridized carbons (Fsp3) is 0.429. The van der Waals surface area contributed by atoms with Crippen LogP contribution in [0, 0.1) is 0 Å². The van der Waals surface area contributed by atoms with Gasteiger partial charge in [0.2, 0.25) is 0 Å². The SMILES string of the molecule is C=C/C=C\C.CCN. The van der Waals surface area contributed by atoms with Crippen LogP contribution in [0.5, 0.6) is 0 Å². The number of rotatable bonds is 1. The molecule has 0 aromatic heterocycles. The second-order valence-electron chi connectivity index (χ2n) is 1.17.